The van der Waals surface area contributed by atoms with E-state index in [-0.39, 0.29) is 6.79 Å². The minimum Gasteiger partial charge on any atom is -0.497 e. The quantitative estimate of drug-likeness (QED) is 0.229. The average molecular weight is 498 g/mol. The van der Waals surface area contributed by atoms with E-state index < -0.39 is 0 Å². The summed E-state index contributed by atoms with van der Waals surface area (Å²) < 4.78 is 26.9. The summed E-state index contributed by atoms with van der Waals surface area (Å²) in [6, 6.07) is 13.3. The summed E-state index contributed by atoms with van der Waals surface area (Å²) >= 11 is 0. The first-order valence-electron chi connectivity index (χ1n) is 11.6. The first-order chi connectivity index (χ1) is 17.7. The van der Waals surface area contributed by atoms with Crippen LogP contribution in [0, 0.1) is 0 Å². The monoisotopic (exact) mass is 497 g/mol. The molecule has 1 aromatic heterocycles. The zero-order chi connectivity index (χ0) is 25.0. The molecule has 0 atom stereocenters. The van der Waals surface area contributed by atoms with E-state index in [9.17, 15) is 0 Å². The molecule has 0 unspecified atom stereocenters. The Morgan fingerprint density at radius 2 is 1.56 bits per heavy atom. The highest BCUT2D eigenvalue weighted by molar-refractivity contribution is 5.61. The van der Waals surface area contributed by atoms with E-state index in [0.29, 0.717) is 75.4 Å². The van der Waals surface area contributed by atoms with Gasteiger partial charge in [0.25, 0.3) is 0 Å². The highest BCUT2D eigenvalue weighted by Crippen LogP contribution is 2.34. The van der Waals surface area contributed by atoms with Crippen molar-refractivity contribution in [2.75, 3.05) is 69.4 Å². The molecule has 0 spiro atoms. The summed E-state index contributed by atoms with van der Waals surface area (Å²) in [5.74, 6) is 3.37. The number of rotatable bonds is 15. The fourth-order valence-corrected chi connectivity index (χ4v) is 3.26. The smallest absolute Gasteiger partial charge is 0.233 e. The minimum absolute atomic E-state index is 0.208. The van der Waals surface area contributed by atoms with Crippen LogP contribution in [0.15, 0.2) is 42.5 Å². The number of aromatic nitrogens is 3. The van der Waals surface area contributed by atoms with Crippen LogP contribution in [0.5, 0.6) is 17.2 Å². The van der Waals surface area contributed by atoms with E-state index in [1.807, 2.05) is 42.5 Å². The Kier molecular flexibility index (Phi) is 9.31. The zero-order valence-electron chi connectivity index (χ0n) is 20.2. The Morgan fingerprint density at radius 3 is 2.33 bits per heavy atom. The second-order valence-corrected chi connectivity index (χ2v) is 7.64. The van der Waals surface area contributed by atoms with Crippen molar-refractivity contribution in [2.45, 2.75) is 6.54 Å². The Bertz CT molecular complexity index is 1100. The van der Waals surface area contributed by atoms with Gasteiger partial charge >= 0.3 is 0 Å². The van der Waals surface area contributed by atoms with Crippen molar-refractivity contribution >= 4 is 23.5 Å². The summed E-state index contributed by atoms with van der Waals surface area (Å²) in [6.07, 6.45) is 0. The number of nitrogens with one attached hydrogen (secondary N) is 3. The van der Waals surface area contributed by atoms with Gasteiger partial charge < -0.3 is 45.4 Å². The summed E-state index contributed by atoms with van der Waals surface area (Å²) in [5.41, 5.74) is 7.22. The molecule has 0 radical (unpaired) electrons. The molecule has 2 heterocycles. The van der Waals surface area contributed by atoms with Gasteiger partial charge in [0.15, 0.2) is 11.5 Å². The predicted molar refractivity (Wildman–Crippen MR) is 135 cm³/mol. The van der Waals surface area contributed by atoms with Crippen LogP contribution in [-0.4, -0.2) is 68.4 Å². The Morgan fingerprint density at radius 1 is 0.833 bits per heavy atom. The van der Waals surface area contributed by atoms with Crippen LogP contribution in [0.2, 0.25) is 0 Å². The van der Waals surface area contributed by atoms with E-state index in [4.69, 9.17) is 29.4 Å². The standard InChI is InChI=1S/C24H31N7O5/c1-32-19-5-2-17(3-6-19)15-27-23-29-22(26-9-11-34-13-12-33-10-8-25)30-24(31-23)28-18-4-7-20-21(14-18)36-16-35-20/h2-7,14H,8-13,15-16,25H2,1H3,(H3,26,27,28,29,30,31). The van der Waals surface area contributed by atoms with Crippen LogP contribution >= 0.6 is 0 Å². The molecule has 4 rings (SSSR count). The van der Waals surface area contributed by atoms with E-state index in [2.05, 4.69) is 30.9 Å². The highest BCUT2D eigenvalue weighted by Gasteiger charge is 2.14. The van der Waals surface area contributed by atoms with Gasteiger partial charge in [-0.2, -0.15) is 15.0 Å². The molecule has 5 N–H and O–H groups in total. The number of methoxy groups -OCH3 is 1. The first kappa shape index (κ1) is 25.2. The van der Waals surface area contributed by atoms with Gasteiger partial charge in [0.2, 0.25) is 24.6 Å². The fourth-order valence-electron chi connectivity index (χ4n) is 3.26. The van der Waals surface area contributed by atoms with Crippen molar-refractivity contribution in [1.29, 1.82) is 0 Å². The van der Waals surface area contributed by atoms with Gasteiger partial charge in [-0.1, -0.05) is 12.1 Å². The van der Waals surface area contributed by atoms with Gasteiger partial charge in [-0.05, 0) is 29.8 Å². The lowest BCUT2D eigenvalue weighted by molar-refractivity contribution is 0.0547. The van der Waals surface area contributed by atoms with Crippen molar-refractivity contribution in [2.24, 2.45) is 5.73 Å². The fraction of sp³-hybridized carbons (Fsp3) is 0.375. The third-order valence-corrected chi connectivity index (χ3v) is 5.04. The van der Waals surface area contributed by atoms with Crippen molar-refractivity contribution < 1.29 is 23.7 Å². The molecule has 2 aromatic carbocycles. The first-order valence-corrected chi connectivity index (χ1v) is 11.6. The number of anilines is 4. The second kappa shape index (κ2) is 13.3. The van der Waals surface area contributed by atoms with Crippen LogP contribution in [0.25, 0.3) is 0 Å². The highest BCUT2D eigenvalue weighted by atomic mass is 16.7. The van der Waals surface area contributed by atoms with Crippen LogP contribution in [0.3, 0.4) is 0 Å². The summed E-state index contributed by atoms with van der Waals surface area (Å²) in [4.78, 5) is 13.5. The van der Waals surface area contributed by atoms with Crippen molar-refractivity contribution in [3.05, 3.63) is 48.0 Å². The third kappa shape index (κ3) is 7.57. The normalized spacial score (nSPS) is 11.8. The Labute approximate surface area is 209 Å². The number of nitrogens with zero attached hydrogens (tertiary/aromatic N) is 3. The molecule has 0 bridgehead atoms. The molecule has 0 amide bonds. The molecule has 12 heteroatoms. The number of benzene rings is 2. The SMILES string of the molecule is COc1ccc(CNc2nc(NCCOCCOCCN)nc(Nc3ccc4c(c3)OCO4)n2)cc1. The summed E-state index contributed by atoms with van der Waals surface area (Å²) in [5, 5.41) is 9.64. The minimum atomic E-state index is 0.208. The molecular formula is C24H31N7O5. The number of hydrogen-bond acceptors (Lipinski definition) is 12. The molecule has 3 aromatic rings. The molecule has 0 aliphatic carbocycles. The zero-order valence-corrected chi connectivity index (χ0v) is 20.2. The van der Waals surface area contributed by atoms with Gasteiger partial charge in [-0.15, -0.1) is 0 Å². The maximum atomic E-state index is 5.56. The van der Waals surface area contributed by atoms with Gasteiger partial charge in [-0.3, -0.25) is 0 Å². The lowest BCUT2D eigenvalue weighted by atomic mass is 10.2. The molecule has 1 aliphatic heterocycles. The van der Waals surface area contributed by atoms with E-state index in [1.54, 1.807) is 7.11 Å². The molecular weight excluding hydrogens is 466 g/mol. The Hall–Kier alpha value is -3.87. The maximum Gasteiger partial charge on any atom is 0.233 e. The Balaban J connectivity index is 1.39. The number of hydrogen-bond donors (Lipinski definition) is 4. The van der Waals surface area contributed by atoms with Crippen LogP contribution < -0.4 is 35.9 Å². The number of nitrogens with two attached hydrogens (primary N) is 1. The van der Waals surface area contributed by atoms with E-state index in [0.717, 1.165) is 17.0 Å². The molecule has 36 heavy (non-hydrogen) atoms. The molecule has 192 valence electrons. The lowest BCUT2D eigenvalue weighted by Crippen LogP contribution is -2.17. The third-order valence-electron chi connectivity index (χ3n) is 5.04. The maximum absolute atomic E-state index is 5.56. The molecule has 1 aliphatic rings. The topological polar surface area (TPSA) is 147 Å². The molecule has 0 saturated carbocycles. The van der Waals surface area contributed by atoms with Crippen LogP contribution in [-0.2, 0) is 16.0 Å². The second-order valence-electron chi connectivity index (χ2n) is 7.64. The molecule has 0 saturated heterocycles. The van der Waals surface area contributed by atoms with Crippen molar-refractivity contribution in [3.8, 4) is 17.2 Å². The van der Waals surface area contributed by atoms with Gasteiger partial charge in [-0.25, -0.2) is 0 Å². The van der Waals surface area contributed by atoms with Gasteiger partial charge in [0.1, 0.15) is 5.75 Å². The van der Waals surface area contributed by atoms with Crippen LogP contribution in [0.4, 0.5) is 23.5 Å². The van der Waals surface area contributed by atoms with E-state index >= 15 is 0 Å². The van der Waals surface area contributed by atoms with Crippen molar-refractivity contribution in [1.82, 2.24) is 15.0 Å². The van der Waals surface area contributed by atoms with Crippen molar-refractivity contribution in [3.63, 3.8) is 0 Å². The van der Waals surface area contributed by atoms with Crippen LogP contribution in [0.1, 0.15) is 5.56 Å². The number of fused-ring (bicyclic) bond motifs is 1. The van der Waals surface area contributed by atoms with Gasteiger partial charge in [0, 0.05) is 31.4 Å². The number of ether oxygens (including phenoxy) is 5. The lowest BCUT2D eigenvalue weighted by Gasteiger charge is -2.12. The predicted octanol–water partition coefficient (Wildman–Crippen LogP) is 2.37. The van der Waals surface area contributed by atoms with E-state index in [1.165, 1.54) is 0 Å². The largest absolute Gasteiger partial charge is 0.497 e. The molecule has 0 fully saturated rings. The average Bonchev–Trinajstić information content (AvgIpc) is 3.37. The molecule has 12 nitrogen and oxygen atoms in total. The summed E-state index contributed by atoms with van der Waals surface area (Å²) in [7, 11) is 1.64. The summed E-state index contributed by atoms with van der Waals surface area (Å²) in [6.45, 7) is 3.74. The van der Waals surface area contributed by atoms with Gasteiger partial charge in [0.05, 0.1) is 33.5 Å².